The number of hydrogen-bond acceptors (Lipinski definition) is 3. The molecule has 1 aliphatic rings. The number of benzene rings is 1. The molecule has 2 rings (SSSR count). The molecular weight excluding hydrogens is 292 g/mol. The molecule has 2 N–H and O–H groups in total. The van der Waals surface area contributed by atoms with Crippen LogP contribution in [0.1, 0.15) is 38.2 Å². The van der Waals surface area contributed by atoms with Crippen molar-refractivity contribution in [2.24, 2.45) is 5.92 Å². The summed E-state index contributed by atoms with van der Waals surface area (Å²) in [4.78, 5) is 24.1. The first kappa shape index (κ1) is 17.3. The van der Waals surface area contributed by atoms with Gasteiger partial charge in [0.1, 0.15) is 6.04 Å². The van der Waals surface area contributed by atoms with Crippen LogP contribution in [0.25, 0.3) is 0 Å². The third-order valence-corrected chi connectivity index (χ3v) is 4.42. The molecule has 5 heteroatoms. The zero-order valence-electron chi connectivity index (χ0n) is 13.9. The molecule has 1 atom stereocenters. The zero-order chi connectivity index (χ0) is 16.7. The van der Waals surface area contributed by atoms with Gasteiger partial charge in [-0.2, -0.15) is 0 Å². The highest BCUT2D eigenvalue weighted by molar-refractivity contribution is 5.83. The first-order valence-corrected chi connectivity index (χ1v) is 8.27. The van der Waals surface area contributed by atoms with E-state index in [0.717, 1.165) is 37.2 Å². The third-order valence-electron chi connectivity index (χ3n) is 4.42. The van der Waals surface area contributed by atoms with Crippen molar-refractivity contribution in [3.05, 3.63) is 35.9 Å². The van der Waals surface area contributed by atoms with Gasteiger partial charge >= 0.3 is 12.0 Å². The van der Waals surface area contributed by atoms with Gasteiger partial charge in [0.2, 0.25) is 0 Å². The summed E-state index contributed by atoms with van der Waals surface area (Å²) in [6.45, 7) is 2.24. The molecule has 1 aromatic rings. The number of esters is 1. The number of ether oxygens (including phenoxy) is 1. The van der Waals surface area contributed by atoms with E-state index in [1.54, 1.807) is 0 Å². The summed E-state index contributed by atoms with van der Waals surface area (Å²) in [6.07, 6.45) is 4.68. The van der Waals surface area contributed by atoms with Gasteiger partial charge in [-0.3, -0.25) is 0 Å². The Morgan fingerprint density at radius 2 is 1.83 bits per heavy atom. The van der Waals surface area contributed by atoms with E-state index in [2.05, 4.69) is 17.6 Å². The average molecular weight is 318 g/mol. The fourth-order valence-corrected chi connectivity index (χ4v) is 2.98. The minimum Gasteiger partial charge on any atom is -0.467 e. The Kier molecular flexibility index (Phi) is 6.44. The van der Waals surface area contributed by atoms with E-state index in [9.17, 15) is 9.59 Å². The summed E-state index contributed by atoms with van der Waals surface area (Å²) >= 11 is 0. The van der Waals surface area contributed by atoms with Gasteiger partial charge in [0.25, 0.3) is 0 Å². The molecule has 0 saturated heterocycles. The second-order valence-electron chi connectivity index (χ2n) is 6.34. The van der Waals surface area contributed by atoms with Crippen molar-refractivity contribution in [2.75, 3.05) is 7.11 Å². The predicted molar refractivity (Wildman–Crippen MR) is 89.0 cm³/mol. The molecular formula is C18H26N2O3. The maximum Gasteiger partial charge on any atom is 0.328 e. The molecule has 126 valence electrons. The molecule has 0 aliphatic heterocycles. The maximum atomic E-state index is 12.2. The van der Waals surface area contributed by atoms with Crippen LogP contribution in [0, 0.1) is 5.92 Å². The smallest absolute Gasteiger partial charge is 0.328 e. The summed E-state index contributed by atoms with van der Waals surface area (Å²) in [5, 5.41) is 5.73. The Labute approximate surface area is 137 Å². The average Bonchev–Trinajstić information content (AvgIpc) is 2.56. The van der Waals surface area contributed by atoms with Crippen LogP contribution in [-0.4, -0.2) is 31.2 Å². The number of urea groups is 1. The largest absolute Gasteiger partial charge is 0.467 e. The quantitative estimate of drug-likeness (QED) is 0.820. The molecule has 23 heavy (non-hydrogen) atoms. The number of carbonyl (C=O) groups is 2. The van der Waals surface area contributed by atoms with E-state index in [1.807, 2.05) is 30.3 Å². The number of methoxy groups -OCH3 is 1. The number of rotatable bonds is 5. The summed E-state index contributed by atoms with van der Waals surface area (Å²) in [7, 11) is 1.34. The molecule has 1 aliphatic carbocycles. The normalized spacial score (nSPS) is 22.0. The van der Waals surface area contributed by atoms with Gasteiger partial charge < -0.3 is 15.4 Å². The highest BCUT2D eigenvalue weighted by Gasteiger charge is 2.24. The van der Waals surface area contributed by atoms with Crippen LogP contribution in [0.3, 0.4) is 0 Å². The van der Waals surface area contributed by atoms with E-state index in [-0.39, 0.29) is 12.1 Å². The second-order valence-corrected chi connectivity index (χ2v) is 6.34. The number of amides is 2. The Balaban J connectivity index is 1.89. The fraction of sp³-hybridized carbons (Fsp3) is 0.556. The highest BCUT2D eigenvalue weighted by atomic mass is 16.5. The summed E-state index contributed by atoms with van der Waals surface area (Å²) < 4.78 is 4.81. The standard InChI is InChI=1S/C18H26N2O3/c1-13-8-10-15(11-9-13)19-18(22)20-16(17(21)23-2)12-14-6-4-3-5-7-14/h3-7,13,15-16H,8-12H2,1-2H3,(H2,19,20,22). The van der Waals surface area contributed by atoms with E-state index < -0.39 is 12.0 Å². The predicted octanol–water partition coefficient (Wildman–Crippen LogP) is 2.65. The highest BCUT2D eigenvalue weighted by Crippen LogP contribution is 2.23. The molecule has 1 fully saturated rings. The van der Waals surface area contributed by atoms with Crippen LogP contribution in [-0.2, 0) is 16.0 Å². The third kappa shape index (κ3) is 5.58. The molecule has 1 aromatic carbocycles. The topological polar surface area (TPSA) is 67.4 Å². The van der Waals surface area contributed by atoms with Crippen molar-refractivity contribution in [2.45, 2.75) is 51.1 Å². The minimum absolute atomic E-state index is 0.196. The van der Waals surface area contributed by atoms with Crippen molar-refractivity contribution < 1.29 is 14.3 Å². The van der Waals surface area contributed by atoms with Crippen molar-refractivity contribution in [3.63, 3.8) is 0 Å². The fourth-order valence-electron chi connectivity index (χ4n) is 2.98. The number of nitrogens with one attached hydrogen (secondary N) is 2. The number of carbonyl (C=O) groups excluding carboxylic acids is 2. The van der Waals surface area contributed by atoms with Gasteiger partial charge in [-0.05, 0) is 37.2 Å². The summed E-state index contributed by atoms with van der Waals surface area (Å²) in [6, 6.07) is 8.82. The van der Waals surface area contributed by atoms with Crippen LogP contribution in [0.4, 0.5) is 4.79 Å². The molecule has 0 bridgehead atoms. The second kappa shape index (κ2) is 8.56. The Bertz CT molecular complexity index is 510. The molecule has 0 heterocycles. The summed E-state index contributed by atoms with van der Waals surface area (Å²) in [5.74, 6) is 0.304. The molecule has 1 saturated carbocycles. The minimum atomic E-state index is -0.676. The number of hydrogen-bond donors (Lipinski definition) is 2. The van der Waals surface area contributed by atoms with Gasteiger partial charge in [-0.25, -0.2) is 9.59 Å². The van der Waals surface area contributed by atoms with E-state index >= 15 is 0 Å². The van der Waals surface area contributed by atoms with Crippen molar-refractivity contribution >= 4 is 12.0 Å². The van der Waals surface area contributed by atoms with E-state index in [0.29, 0.717) is 6.42 Å². The molecule has 5 nitrogen and oxygen atoms in total. The Hall–Kier alpha value is -2.04. The maximum absolute atomic E-state index is 12.2. The van der Waals surface area contributed by atoms with E-state index in [1.165, 1.54) is 7.11 Å². The molecule has 0 radical (unpaired) electrons. The van der Waals surface area contributed by atoms with Gasteiger partial charge in [0.05, 0.1) is 7.11 Å². The lowest BCUT2D eigenvalue weighted by molar-refractivity contribution is -0.142. The van der Waals surface area contributed by atoms with Gasteiger partial charge in [0.15, 0.2) is 0 Å². The Morgan fingerprint density at radius 3 is 2.43 bits per heavy atom. The van der Waals surface area contributed by atoms with Crippen LogP contribution in [0.15, 0.2) is 30.3 Å². The SMILES string of the molecule is COC(=O)C(Cc1ccccc1)NC(=O)NC1CCC(C)CC1. The Morgan fingerprint density at radius 1 is 1.17 bits per heavy atom. The molecule has 2 amide bonds. The van der Waals surface area contributed by atoms with Gasteiger partial charge in [0, 0.05) is 12.5 Å². The lowest BCUT2D eigenvalue weighted by Gasteiger charge is -2.27. The molecule has 0 aromatic heterocycles. The van der Waals surface area contributed by atoms with Crippen LogP contribution in [0.2, 0.25) is 0 Å². The van der Waals surface area contributed by atoms with Gasteiger partial charge in [-0.15, -0.1) is 0 Å². The van der Waals surface area contributed by atoms with Crippen LogP contribution >= 0.6 is 0 Å². The monoisotopic (exact) mass is 318 g/mol. The molecule has 1 unspecified atom stereocenters. The van der Waals surface area contributed by atoms with Crippen molar-refractivity contribution in [1.82, 2.24) is 10.6 Å². The van der Waals surface area contributed by atoms with E-state index in [4.69, 9.17) is 4.74 Å². The van der Waals surface area contributed by atoms with Gasteiger partial charge in [-0.1, -0.05) is 37.3 Å². The van der Waals surface area contributed by atoms with Crippen molar-refractivity contribution in [3.8, 4) is 0 Å². The molecule has 0 spiro atoms. The van der Waals surface area contributed by atoms with Crippen LogP contribution < -0.4 is 10.6 Å². The first-order chi connectivity index (χ1) is 11.1. The lowest BCUT2D eigenvalue weighted by atomic mass is 9.87. The zero-order valence-corrected chi connectivity index (χ0v) is 13.9. The van der Waals surface area contributed by atoms with Crippen LogP contribution in [0.5, 0.6) is 0 Å². The first-order valence-electron chi connectivity index (χ1n) is 8.27. The van der Waals surface area contributed by atoms with Crippen molar-refractivity contribution in [1.29, 1.82) is 0 Å². The summed E-state index contributed by atoms with van der Waals surface area (Å²) in [5.41, 5.74) is 0.981. The lowest BCUT2D eigenvalue weighted by Crippen LogP contribution is -2.50.